The lowest BCUT2D eigenvalue weighted by Crippen LogP contribution is -2.37. The van der Waals surface area contributed by atoms with Crippen LogP contribution in [0.25, 0.3) is 0 Å². The van der Waals surface area contributed by atoms with Gasteiger partial charge in [0, 0.05) is 34.2 Å². The molecule has 110 valence electrons. The molecule has 0 N–H and O–H groups in total. The highest BCUT2D eigenvalue weighted by molar-refractivity contribution is 6.28. The van der Waals surface area contributed by atoms with Crippen molar-refractivity contribution in [3.8, 4) is 0 Å². The summed E-state index contributed by atoms with van der Waals surface area (Å²) in [6.45, 7) is 1.71. The molecule has 6 nitrogen and oxygen atoms in total. The lowest BCUT2D eigenvalue weighted by atomic mass is 10.2. The minimum Gasteiger partial charge on any atom is -0.371 e. The van der Waals surface area contributed by atoms with Crippen LogP contribution in [0.4, 0.5) is 23.3 Å². The third-order valence-corrected chi connectivity index (χ3v) is 3.64. The predicted octanol–water partition coefficient (Wildman–Crippen LogP) is 2.18. The Morgan fingerprint density at radius 1 is 1.05 bits per heavy atom. The summed E-state index contributed by atoms with van der Waals surface area (Å²) >= 11 is 6.04. The topological polar surface area (TPSA) is 48.4 Å². The number of benzene rings is 1. The first kappa shape index (κ1) is 13.9. The number of halogens is 1. The molecule has 0 saturated heterocycles. The molecular weight excluding hydrogens is 288 g/mol. The van der Waals surface area contributed by atoms with Gasteiger partial charge in [-0.15, -0.1) is 0 Å². The van der Waals surface area contributed by atoms with Gasteiger partial charge in [-0.25, -0.2) is 0 Å². The molecule has 2 aromatic rings. The van der Waals surface area contributed by atoms with Gasteiger partial charge in [0.05, 0.1) is 11.4 Å². The zero-order chi connectivity index (χ0) is 15.0. The van der Waals surface area contributed by atoms with E-state index in [2.05, 4.69) is 43.9 Å². The number of likely N-dealkylation sites (N-methyl/N-ethyl adjacent to an activating group) is 1. The van der Waals surface area contributed by atoms with Crippen LogP contribution in [-0.4, -0.2) is 49.2 Å². The summed E-state index contributed by atoms with van der Waals surface area (Å²) in [5.41, 5.74) is 2.24. The van der Waals surface area contributed by atoms with Gasteiger partial charge in [-0.05, 0) is 23.7 Å². The van der Waals surface area contributed by atoms with E-state index in [4.69, 9.17) is 11.6 Å². The summed E-state index contributed by atoms with van der Waals surface area (Å²) in [5, 5.41) is 0.208. The van der Waals surface area contributed by atoms with Gasteiger partial charge < -0.3 is 14.7 Å². The minimum atomic E-state index is 0.208. The molecule has 0 aliphatic carbocycles. The third-order valence-electron chi connectivity index (χ3n) is 3.47. The van der Waals surface area contributed by atoms with Crippen LogP contribution >= 0.6 is 11.6 Å². The average molecular weight is 305 g/mol. The second kappa shape index (κ2) is 5.37. The van der Waals surface area contributed by atoms with Crippen LogP contribution in [0.3, 0.4) is 0 Å². The van der Waals surface area contributed by atoms with Crippen molar-refractivity contribution in [1.29, 1.82) is 0 Å². The van der Waals surface area contributed by atoms with Crippen molar-refractivity contribution in [2.75, 3.05) is 48.9 Å². The molecule has 0 bridgehead atoms. The van der Waals surface area contributed by atoms with E-state index in [-0.39, 0.29) is 5.28 Å². The number of nitrogens with zero attached hydrogens (tertiary/aromatic N) is 6. The van der Waals surface area contributed by atoms with Crippen LogP contribution in [0.1, 0.15) is 0 Å². The summed E-state index contributed by atoms with van der Waals surface area (Å²) in [6, 6.07) is 8.21. The Labute approximate surface area is 129 Å². The van der Waals surface area contributed by atoms with Crippen LogP contribution in [0.5, 0.6) is 0 Å². The zero-order valence-electron chi connectivity index (χ0n) is 12.3. The van der Waals surface area contributed by atoms with Crippen molar-refractivity contribution < 1.29 is 0 Å². The van der Waals surface area contributed by atoms with Gasteiger partial charge >= 0.3 is 0 Å². The minimum absolute atomic E-state index is 0.208. The second-order valence-electron chi connectivity index (χ2n) is 5.16. The average Bonchev–Trinajstić information content (AvgIpc) is 2.47. The second-order valence-corrected chi connectivity index (χ2v) is 5.50. The Morgan fingerprint density at radius 3 is 2.48 bits per heavy atom. The summed E-state index contributed by atoms with van der Waals surface area (Å²) < 4.78 is 0. The van der Waals surface area contributed by atoms with Gasteiger partial charge in [-0.2, -0.15) is 15.0 Å². The van der Waals surface area contributed by atoms with Crippen molar-refractivity contribution in [2.24, 2.45) is 0 Å². The van der Waals surface area contributed by atoms with E-state index in [0.717, 1.165) is 24.5 Å². The smallest absolute Gasteiger partial charge is 0.236 e. The van der Waals surface area contributed by atoms with E-state index in [0.29, 0.717) is 11.9 Å². The van der Waals surface area contributed by atoms with E-state index in [9.17, 15) is 0 Å². The molecule has 1 aromatic carbocycles. The highest BCUT2D eigenvalue weighted by atomic mass is 35.5. The van der Waals surface area contributed by atoms with Crippen LogP contribution in [-0.2, 0) is 0 Å². The molecule has 1 aromatic heterocycles. The molecule has 0 saturated carbocycles. The molecule has 0 radical (unpaired) electrons. The molecule has 2 heterocycles. The maximum Gasteiger partial charge on any atom is 0.236 e. The highest BCUT2D eigenvalue weighted by Gasteiger charge is 2.24. The van der Waals surface area contributed by atoms with E-state index < -0.39 is 0 Å². The predicted molar refractivity (Wildman–Crippen MR) is 85.9 cm³/mol. The van der Waals surface area contributed by atoms with E-state index in [1.54, 1.807) is 0 Å². The van der Waals surface area contributed by atoms with Crippen molar-refractivity contribution >= 4 is 34.9 Å². The Kier molecular flexibility index (Phi) is 3.55. The first-order valence-electron chi connectivity index (χ1n) is 6.73. The number of anilines is 4. The summed E-state index contributed by atoms with van der Waals surface area (Å²) in [7, 11) is 5.85. The monoisotopic (exact) mass is 304 g/mol. The Bertz CT molecular complexity index is 660. The van der Waals surface area contributed by atoms with Gasteiger partial charge in [0.25, 0.3) is 0 Å². The summed E-state index contributed by atoms with van der Waals surface area (Å²) in [5.74, 6) is 1.14. The number of rotatable bonds is 2. The molecule has 1 aliphatic heterocycles. The van der Waals surface area contributed by atoms with Gasteiger partial charge in [0.2, 0.25) is 17.2 Å². The van der Waals surface area contributed by atoms with E-state index in [1.807, 2.05) is 31.1 Å². The molecular formula is C14H17ClN6. The van der Waals surface area contributed by atoms with Crippen molar-refractivity contribution in [3.63, 3.8) is 0 Å². The normalized spacial score (nSPS) is 14.1. The van der Waals surface area contributed by atoms with Gasteiger partial charge in [-0.3, -0.25) is 0 Å². The van der Waals surface area contributed by atoms with Crippen molar-refractivity contribution in [1.82, 2.24) is 15.0 Å². The highest BCUT2D eigenvalue weighted by Crippen LogP contribution is 2.35. The first-order valence-corrected chi connectivity index (χ1v) is 7.10. The lowest BCUT2D eigenvalue weighted by molar-refractivity contribution is 0.794. The van der Waals surface area contributed by atoms with E-state index >= 15 is 0 Å². The maximum absolute atomic E-state index is 6.04. The first-order chi connectivity index (χ1) is 10.1. The number of fused-ring (bicyclic) bond motifs is 1. The Balaban J connectivity index is 2.07. The molecule has 7 heteroatoms. The molecule has 0 amide bonds. The molecule has 3 rings (SSSR count). The largest absolute Gasteiger partial charge is 0.371 e. The summed E-state index contributed by atoms with van der Waals surface area (Å²) in [6.07, 6.45) is 0. The van der Waals surface area contributed by atoms with Crippen molar-refractivity contribution in [3.05, 3.63) is 29.5 Å². The molecule has 0 fully saturated rings. The molecule has 0 spiro atoms. The van der Waals surface area contributed by atoms with Crippen molar-refractivity contribution in [2.45, 2.75) is 0 Å². The van der Waals surface area contributed by atoms with E-state index in [1.165, 1.54) is 0 Å². The fourth-order valence-electron chi connectivity index (χ4n) is 2.36. The number of hydrogen-bond donors (Lipinski definition) is 0. The van der Waals surface area contributed by atoms with Gasteiger partial charge in [-0.1, -0.05) is 12.1 Å². The van der Waals surface area contributed by atoms with Crippen LogP contribution in [0.2, 0.25) is 5.28 Å². The van der Waals surface area contributed by atoms with Crippen LogP contribution < -0.4 is 14.7 Å². The van der Waals surface area contributed by atoms with Gasteiger partial charge in [0.1, 0.15) is 0 Å². The number of para-hydroxylation sites is 2. The molecule has 21 heavy (non-hydrogen) atoms. The zero-order valence-corrected chi connectivity index (χ0v) is 13.0. The Morgan fingerprint density at radius 2 is 1.76 bits per heavy atom. The SMILES string of the molecule is CN(C)c1nc(Cl)nc(N2CCN(C)c3ccccc32)n1. The molecule has 0 unspecified atom stereocenters. The number of hydrogen-bond acceptors (Lipinski definition) is 6. The maximum atomic E-state index is 6.04. The lowest BCUT2D eigenvalue weighted by Gasteiger charge is -2.35. The molecule has 0 atom stereocenters. The molecule has 1 aliphatic rings. The fourth-order valence-corrected chi connectivity index (χ4v) is 2.52. The summed E-state index contributed by atoms with van der Waals surface area (Å²) in [4.78, 5) is 19.0. The van der Waals surface area contributed by atoms with Crippen LogP contribution in [0.15, 0.2) is 24.3 Å². The van der Waals surface area contributed by atoms with Gasteiger partial charge in [0.15, 0.2) is 0 Å². The standard InChI is InChI=1S/C14H17ClN6/c1-19(2)13-16-12(15)17-14(18-13)21-9-8-20(3)10-6-4-5-7-11(10)21/h4-7H,8-9H2,1-3H3. The fraction of sp³-hybridized carbons (Fsp3) is 0.357. The van der Waals surface area contributed by atoms with Crippen LogP contribution in [0, 0.1) is 0 Å². The quantitative estimate of drug-likeness (QED) is 0.847. The number of aromatic nitrogens is 3. The Hall–Kier alpha value is -2.08. The third kappa shape index (κ3) is 2.58.